The van der Waals surface area contributed by atoms with E-state index >= 15 is 0 Å². The topological polar surface area (TPSA) is 151 Å². The second-order valence-corrected chi connectivity index (χ2v) is 11.3. The highest BCUT2D eigenvalue weighted by atomic mass is 32.2. The van der Waals surface area contributed by atoms with E-state index in [0.717, 1.165) is 14.7 Å². The Kier molecular flexibility index (Phi) is 8.11. The molecular formula is C22H27N3O8S2. The van der Waals surface area contributed by atoms with Crippen LogP contribution in [0.3, 0.4) is 0 Å². The molecule has 3 heterocycles. The van der Waals surface area contributed by atoms with Crippen LogP contribution in [0.1, 0.15) is 37.4 Å². The summed E-state index contributed by atoms with van der Waals surface area (Å²) < 4.78 is 10.1. The quantitative estimate of drug-likeness (QED) is 0.340. The molecule has 0 bridgehead atoms. The first-order valence-corrected chi connectivity index (χ1v) is 12.6. The van der Waals surface area contributed by atoms with Gasteiger partial charge in [-0.3, -0.25) is 19.3 Å². The molecule has 1 saturated heterocycles. The minimum atomic E-state index is -1.29. The summed E-state index contributed by atoms with van der Waals surface area (Å²) in [7, 11) is 0. The van der Waals surface area contributed by atoms with E-state index in [2.05, 4.69) is 10.6 Å². The number of thiophene rings is 1. The number of carboxylic acids is 1. The number of ether oxygens (including phenoxy) is 2. The lowest BCUT2D eigenvalue weighted by Crippen LogP contribution is -2.70. The van der Waals surface area contributed by atoms with Crippen LogP contribution in [0.15, 0.2) is 23.4 Å². The maximum absolute atomic E-state index is 12.7. The van der Waals surface area contributed by atoms with Gasteiger partial charge in [0.1, 0.15) is 29.3 Å². The standard InChI is InChI=1S/C22H27N3O8S2/c1-11(26)32-9-12-10-34-19-16(18(28)25(19)17(12)20(29)30)24-15(27)7-13-5-6-14(35-13)8-23-21(31)33-22(2,3)4/h5-6,16,19H,7-10H2,1-4H3,(H,23,31)(H,24,27)(H,29,30)/t16-,19-/m1/s1. The summed E-state index contributed by atoms with van der Waals surface area (Å²) in [5.41, 5.74) is -0.470. The first kappa shape index (κ1) is 26.5. The number of hydrogen-bond donors (Lipinski definition) is 3. The van der Waals surface area contributed by atoms with Crippen molar-refractivity contribution >= 4 is 52.9 Å². The molecule has 13 heteroatoms. The number of aliphatic carboxylic acids is 1. The number of β-lactam (4-membered cyclic amide) rings is 1. The molecule has 11 nitrogen and oxygen atoms in total. The fourth-order valence-corrected chi connectivity index (χ4v) is 5.74. The van der Waals surface area contributed by atoms with Crippen LogP contribution >= 0.6 is 23.1 Å². The van der Waals surface area contributed by atoms with Crippen molar-refractivity contribution in [1.82, 2.24) is 15.5 Å². The molecule has 0 unspecified atom stereocenters. The van der Waals surface area contributed by atoms with Gasteiger partial charge in [0.25, 0.3) is 5.91 Å². The first-order valence-electron chi connectivity index (χ1n) is 10.7. The van der Waals surface area contributed by atoms with Gasteiger partial charge in [-0.1, -0.05) is 0 Å². The molecule has 3 amide bonds. The van der Waals surface area contributed by atoms with Crippen molar-refractivity contribution in [3.8, 4) is 0 Å². The minimum Gasteiger partial charge on any atom is -0.477 e. The van der Waals surface area contributed by atoms with Gasteiger partial charge in [0, 0.05) is 28.0 Å². The van der Waals surface area contributed by atoms with E-state index in [0.29, 0.717) is 5.57 Å². The molecule has 0 aliphatic carbocycles. The number of thioether (sulfide) groups is 1. The van der Waals surface area contributed by atoms with Crippen molar-refractivity contribution in [2.45, 2.75) is 57.7 Å². The molecule has 0 aromatic carbocycles. The summed E-state index contributed by atoms with van der Waals surface area (Å²) >= 11 is 2.65. The summed E-state index contributed by atoms with van der Waals surface area (Å²) in [6, 6.07) is 2.73. The monoisotopic (exact) mass is 525 g/mol. The second-order valence-electron chi connectivity index (χ2n) is 8.89. The van der Waals surface area contributed by atoms with Crippen molar-refractivity contribution in [3.05, 3.63) is 33.2 Å². The van der Waals surface area contributed by atoms with E-state index in [-0.39, 0.29) is 36.9 Å². The minimum absolute atomic E-state index is 0.0393. The zero-order chi connectivity index (χ0) is 25.9. The van der Waals surface area contributed by atoms with Crippen molar-refractivity contribution in [1.29, 1.82) is 0 Å². The number of alkyl carbamates (subject to hydrolysis) is 1. The molecule has 35 heavy (non-hydrogen) atoms. The largest absolute Gasteiger partial charge is 0.477 e. The number of carbonyl (C=O) groups is 5. The summed E-state index contributed by atoms with van der Waals surface area (Å²) in [4.78, 5) is 62.6. The Hall–Kier alpha value is -3.06. The molecular weight excluding hydrogens is 498 g/mol. The highest BCUT2D eigenvalue weighted by molar-refractivity contribution is 8.00. The van der Waals surface area contributed by atoms with E-state index in [1.807, 2.05) is 0 Å². The van der Waals surface area contributed by atoms with Gasteiger partial charge in [0.05, 0.1) is 13.0 Å². The maximum Gasteiger partial charge on any atom is 0.407 e. The van der Waals surface area contributed by atoms with Crippen LogP contribution in [-0.2, 0) is 41.6 Å². The molecule has 2 aliphatic heterocycles. The summed E-state index contributed by atoms with van der Waals surface area (Å²) in [6.07, 6.45) is -0.494. The number of hydrogen-bond acceptors (Lipinski definition) is 9. The zero-order valence-electron chi connectivity index (χ0n) is 19.7. The van der Waals surface area contributed by atoms with Crippen LogP contribution in [0.2, 0.25) is 0 Å². The average Bonchev–Trinajstić information content (AvgIpc) is 3.19. The van der Waals surface area contributed by atoms with Gasteiger partial charge in [-0.05, 0) is 32.9 Å². The Morgan fingerprint density at radius 2 is 1.89 bits per heavy atom. The van der Waals surface area contributed by atoms with Gasteiger partial charge in [0.2, 0.25) is 5.91 Å². The van der Waals surface area contributed by atoms with E-state index < -0.39 is 41.0 Å². The van der Waals surface area contributed by atoms with Crippen LogP contribution in [0.25, 0.3) is 0 Å². The van der Waals surface area contributed by atoms with Crippen LogP contribution in [0, 0.1) is 0 Å². The number of fused-ring (bicyclic) bond motifs is 1. The third kappa shape index (κ3) is 6.75. The van der Waals surface area contributed by atoms with Gasteiger partial charge in [-0.2, -0.15) is 0 Å². The average molecular weight is 526 g/mol. The molecule has 2 aliphatic rings. The molecule has 1 aromatic heterocycles. The summed E-state index contributed by atoms with van der Waals surface area (Å²) in [5.74, 6) is -2.48. The Bertz CT molecular complexity index is 1080. The normalized spacial score (nSPS) is 19.4. The van der Waals surface area contributed by atoms with E-state index in [4.69, 9.17) is 9.47 Å². The Morgan fingerprint density at radius 1 is 1.20 bits per heavy atom. The van der Waals surface area contributed by atoms with E-state index in [1.165, 1.54) is 30.0 Å². The maximum atomic E-state index is 12.7. The van der Waals surface area contributed by atoms with Gasteiger partial charge in [-0.15, -0.1) is 23.1 Å². The Balaban J connectivity index is 1.54. The highest BCUT2D eigenvalue weighted by Gasteiger charge is 2.54. The predicted octanol–water partition coefficient (Wildman–Crippen LogP) is 1.62. The first-order chi connectivity index (χ1) is 16.4. The van der Waals surface area contributed by atoms with Gasteiger partial charge in [-0.25, -0.2) is 9.59 Å². The predicted molar refractivity (Wildman–Crippen MR) is 127 cm³/mol. The van der Waals surface area contributed by atoms with Crippen molar-refractivity contribution < 1.29 is 38.6 Å². The lowest BCUT2D eigenvalue weighted by Gasteiger charge is -2.49. The number of nitrogens with one attached hydrogen (secondary N) is 2. The molecule has 3 rings (SSSR count). The third-order valence-electron chi connectivity index (χ3n) is 4.87. The van der Waals surface area contributed by atoms with Gasteiger partial charge in [0.15, 0.2) is 0 Å². The molecule has 190 valence electrons. The Labute approximate surface area is 210 Å². The van der Waals surface area contributed by atoms with Crippen LogP contribution in [0.4, 0.5) is 4.79 Å². The number of carboxylic acid groups (broad SMARTS) is 1. The van der Waals surface area contributed by atoms with Gasteiger partial charge < -0.3 is 25.2 Å². The van der Waals surface area contributed by atoms with Crippen LogP contribution < -0.4 is 10.6 Å². The van der Waals surface area contributed by atoms with Crippen LogP contribution in [-0.4, -0.2) is 69.2 Å². The highest BCUT2D eigenvalue weighted by Crippen LogP contribution is 2.40. The molecule has 0 saturated carbocycles. The lowest BCUT2D eigenvalue weighted by molar-refractivity contribution is -0.151. The number of esters is 1. The molecule has 2 atom stereocenters. The molecule has 1 aromatic rings. The van der Waals surface area contributed by atoms with Crippen molar-refractivity contribution in [3.63, 3.8) is 0 Å². The second kappa shape index (κ2) is 10.7. The zero-order valence-corrected chi connectivity index (χ0v) is 21.3. The number of carbonyl (C=O) groups excluding carboxylic acids is 4. The van der Waals surface area contributed by atoms with E-state index in [1.54, 1.807) is 32.9 Å². The SMILES string of the molecule is CC(=O)OCC1=C(C(=O)O)N2C(=O)[C@@H](NC(=O)Cc3ccc(CNC(=O)OC(C)(C)C)s3)[C@H]2SC1. The van der Waals surface area contributed by atoms with Crippen LogP contribution in [0.5, 0.6) is 0 Å². The number of amides is 3. The molecule has 0 spiro atoms. The smallest absolute Gasteiger partial charge is 0.407 e. The molecule has 0 radical (unpaired) electrons. The fourth-order valence-electron chi connectivity index (χ4n) is 3.45. The lowest BCUT2D eigenvalue weighted by atomic mass is 10.0. The fraction of sp³-hybridized carbons (Fsp3) is 0.500. The van der Waals surface area contributed by atoms with Crippen molar-refractivity contribution in [2.75, 3.05) is 12.4 Å². The van der Waals surface area contributed by atoms with E-state index in [9.17, 15) is 29.1 Å². The summed E-state index contributed by atoms with van der Waals surface area (Å²) in [5, 5.41) is 14.4. The number of nitrogens with zero attached hydrogens (tertiary/aromatic N) is 1. The number of rotatable bonds is 8. The molecule has 3 N–H and O–H groups in total. The summed E-state index contributed by atoms with van der Waals surface area (Å²) in [6.45, 7) is 6.58. The molecule has 1 fully saturated rings. The van der Waals surface area contributed by atoms with Gasteiger partial charge >= 0.3 is 18.0 Å². The van der Waals surface area contributed by atoms with Crippen molar-refractivity contribution in [2.24, 2.45) is 0 Å². The third-order valence-corrected chi connectivity index (χ3v) is 7.30. The Morgan fingerprint density at radius 3 is 2.51 bits per heavy atom.